The first-order chi connectivity index (χ1) is 8.83. The molecule has 0 aromatic heterocycles. The molecular formula is C16H19NO. The SMILES string of the molecule is CCc1ccccc1NCc1ccc(OC)cc1. The van der Waals surface area contributed by atoms with Crippen LogP contribution in [0.25, 0.3) is 0 Å². The molecule has 0 spiro atoms. The van der Waals surface area contributed by atoms with Crippen LogP contribution in [0.5, 0.6) is 5.75 Å². The molecule has 2 heteroatoms. The van der Waals surface area contributed by atoms with Crippen LogP contribution < -0.4 is 10.1 Å². The van der Waals surface area contributed by atoms with Crippen LogP contribution in [0, 0.1) is 0 Å². The lowest BCUT2D eigenvalue weighted by Gasteiger charge is -2.11. The van der Waals surface area contributed by atoms with Gasteiger partial charge in [-0.1, -0.05) is 37.3 Å². The average Bonchev–Trinajstić information content (AvgIpc) is 2.46. The molecule has 2 aromatic carbocycles. The maximum atomic E-state index is 5.15. The zero-order valence-corrected chi connectivity index (χ0v) is 10.9. The molecule has 0 aliphatic heterocycles. The van der Waals surface area contributed by atoms with Crippen molar-refractivity contribution < 1.29 is 4.74 Å². The van der Waals surface area contributed by atoms with Gasteiger partial charge in [-0.2, -0.15) is 0 Å². The highest BCUT2D eigenvalue weighted by Crippen LogP contribution is 2.17. The maximum absolute atomic E-state index is 5.15. The molecule has 0 unspecified atom stereocenters. The third-order valence-electron chi connectivity index (χ3n) is 3.04. The first kappa shape index (κ1) is 12.5. The van der Waals surface area contributed by atoms with E-state index in [0.29, 0.717) is 0 Å². The Morgan fingerprint density at radius 1 is 1.00 bits per heavy atom. The Morgan fingerprint density at radius 2 is 1.72 bits per heavy atom. The van der Waals surface area contributed by atoms with Crippen molar-refractivity contribution in [3.63, 3.8) is 0 Å². The molecule has 2 rings (SSSR count). The van der Waals surface area contributed by atoms with Crippen LogP contribution >= 0.6 is 0 Å². The van der Waals surface area contributed by atoms with Crippen molar-refractivity contribution in [2.24, 2.45) is 0 Å². The fraction of sp³-hybridized carbons (Fsp3) is 0.250. The van der Waals surface area contributed by atoms with E-state index in [9.17, 15) is 0 Å². The number of hydrogen-bond acceptors (Lipinski definition) is 2. The second-order valence-electron chi connectivity index (χ2n) is 4.21. The minimum Gasteiger partial charge on any atom is -0.497 e. The zero-order valence-electron chi connectivity index (χ0n) is 10.9. The van der Waals surface area contributed by atoms with E-state index in [4.69, 9.17) is 4.74 Å². The van der Waals surface area contributed by atoms with Crippen LogP contribution in [0.1, 0.15) is 18.1 Å². The third-order valence-corrected chi connectivity index (χ3v) is 3.04. The molecular weight excluding hydrogens is 222 g/mol. The predicted octanol–water partition coefficient (Wildman–Crippen LogP) is 3.87. The summed E-state index contributed by atoms with van der Waals surface area (Å²) in [7, 11) is 1.69. The molecule has 94 valence electrons. The van der Waals surface area contributed by atoms with E-state index in [1.165, 1.54) is 16.8 Å². The lowest BCUT2D eigenvalue weighted by Crippen LogP contribution is -2.01. The van der Waals surface area contributed by atoms with Crippen LogP contribution in [-0.4, -0.2) is 7.11 Å². The molecule has 1 N–H and O–H groups in total. The highest BCUT2D eigenvalue weighted by Gasteiger charge is 1.99. The van der Waals surface area contributed by atoms with Gasteiger partial charge in [-0.05, 0) is 35.7 Å². The molecule has 0 fully saturated rings. The van der Waals surface area contributed by atoms with Crippen molar-refractivity contribution in [2.45, 2.75) is 19.9 Å². The highest BCUT2D eigenvalue weighted by molar-refractivity contribution is 5.51. The van der Waals surface area contributed by atoms with E-state index in [1.807, 2.05) is 12.1 Å². The van der Waals surface area contributed by atoms with Gasteiger partial charge >= 0.3 is 0 Å². The maximum Gasteiger partial charge on any atom is 0.118 e. The van der Waals surface area contributed by atoms with E-state index in [-0.39, 0.29) is 0 Å². The molecule has 0 heterocycles. The summed E-state index contributed by atoms with van der Waals surface area (Å²) < 4.78 is 5.15. The van der Waals surface area contributed by atoms with E-state index in [1.54, 1.807) is 7.11 Å². The van der Waals surface area contributed by atoms with Gasteiger partial charge in [0, 0.05) is 12.2 Å². The van der Waals surface area contributed by atoms with Gasteiger partial charge in [0.2, 0.25) is 0 Å². The number of methoxy groups -OCH3 is 1. The lowest BCUT2D eigenvalue weighted by molar-refractivity contribution is 0.414. The summed E-state index contributed by atoms with van der Waals surface area (Å²) in [5.41, 5.74) is 3.82. The van der Waals surface area contributed by atoms with E-state index >= 15 is 0 Å². The number of rotatable bonds is 5. The first-order valence-electron chi connectivity index (χ1n) is 6.28. The standard InChI is InChI=1S/C16H19NO/c1-3-14-6-4-5-7-16(14)17-12-13-8-10-15(18-2)11-9-13/h4-11,17H,3,12H2,1-2H3. The minimum atomic E-state index is 0.834. The number of benzene rings is 2. The van der Waals surface area contributed by atoms with Gasteiger partial charge in [0.15, 0.2) is 0 Å². The largest absolute Gasteiger partial charge is 0.497 e. The number of hydrogen-bond donors (Lipinski definition) is 1. The summed E-state index contributed by atoms with van der Waals surface area (Å²) in [5.74, 6) is 0.896. The third kappa shape index (κ3) is 3.04. The summed E-state index contributed by atoms with van der Waals surface area (Å²) in [5, 5.41) is 3.48. The number of aryl methyl sites for hydroxylation is 1. The van der Waals surface area contributed by atoms with Gasteiger partial charge in [0.05, 0.1) is 7.11 Å². The molecule has 0 saturated heterocycles. The van der Waals surface area contributed by atoms with Gasteiger partial charge in [-0.25, -0.2) is 0 Å². The summed E-state index contributed by atoms with van der Waals surface area (Å²) in [6, 6.07) is 16.6. The van der Waals surface area contributed by atoms with Gasteiger partial charge in [0.25, 0.3) is 0 Å². The second-order valence-corrected chi connectivity index (χ2v) is 4.21. The van der Waals surface area contributed by atoms with Crippen molar-refractivity contribution in [3.8, 4) is 5.75 Å². The quantitative estimate of drug-likeness (QED) is 0.858. The molecule has 0 saturated carbocycles. The summed E-state index contributed by atoms with van der Waals surface area (Å²) in [4.78, 5) is 0. The summed E-state index contributed by atoms with van der Waals surface area (Å²) in [6.45, 7) is 3.01. The number of para-hydroxylation sites is 1. The van der Waals surface area contributed by atoms with E-state index in [2.05, 4.69) is 48.6 Å². The second kappa shape index (κ2) is 6.10. The Labute approximate surface area is 109 Å². The molecule has 0 radical (unpaired) electrons. The van der Waals surface area contributed by atoms with Crippen LogP contribution in [0.3, 0.4) is 0 Å². The van der Waals surface area contributed by atoms with Gasteiger partial charge < -0.3 is 10.1 Å². The van der Waals surface area contributed by atoms with Crippen LogP contribution in [-0.2, 0) is 13.0 Å². The van der Waals surface area contributed by atoms with E-state index < -0.39 is 0 Å². The van der Waals surface area contributed by atoms with Gasteiger partial charge in [0.1, 0.15) is 5.75 Å². The fourth-order valence-electron chi connectivity index (χ4n) is 1.94. The molecule has 0 aliphatic rings. The smallest absolute Gasteiger partial charge is 0.118 e. The number of nitrogens with one attached hydrogen (secondary N) is 1. The number of ether oxygens (including phenoxy) is 1. The number of anilines is 1. The Bertz CT molecular complexity index is 491. The first-order valence-corrected chi connectivity index (χ1v) is 6.28. The Morgan fingerprint density at radius 3 is 2.39 bits per heavy atom. The van der Waals surface area contributed by atoms with Crippen molar-refractivity contribution >= 4 is 5.69 Å². The molecule has 0 amide bonds. The monoisotopic (exact) mass is 241 g/mol. The van der Waals surface area contributed by atoms with Crippen LogP contribution in [0.2, 0.25) is 0 Å². The van der Waals surface area contributed by atoms with Crippen LogP contribution in [0.15, 0.2) is 48.5 Å². The summed E-state index contributed by atoms with van der Waals surface area (Å²) in [6.07, 6.45) is 1.05. The molecule has 2 aromatic rings. The normalized spacial score (nSPS) is 10.1. The molecule has 0 aliphatic carbocycles. The van der Waals surface area contributed by atoms with Crippen molar-refractivity contribution in [3.05, 3.63) is 59.7 Å². The Balaban J connectivity index is 2.02. The molecule has 0 bridgehead atoms. The van der Waals surface area contributed by atoms with E-state index in [0.717, 1.165) is 18.7 Å². The fourth-order valence-corrected chi connectivity index (χ4v) is 1.94. The van der Waals surface area contributed by atoms with Crippen LogP contribution in [0.4, 0.5) is 5.69 Å². The van der Waals surface area contributed by atoms with Gasteiger partial charge in [-0.15, -0.1) is 0 Å². The summed E-state index contributed by atoms with van der Waals surface area (Å²) >= 11 is 0. The lowest BCUT2D eigenvalue weighted by atomic mass is 10.1. The molecule has 0 atom stereocenters. The van der Waals surface area contributed by atoms with Crippen molar-refractivity contribution in [1.82, 2.24) is 0 Å². The van der Waals surface area contributed by atoms with Crippen molar-refractivity contribution in [1.29, 1.82) is 0 Å². The molecule has 2 nitrogen and oxygen atoms in total. The highest BCUT2D eigenvalue weighted by atomic mass is 16.5. The molecule has 18 heavy (non-hydrogen) atoms. The minimum absolute atomic E-state index is 0.834. The zero-order chi connectivity index (χ0) is 12.8. The Hall–Kier alpha value is -1.96. The van der Waals surface area contributed by atoms with Gasteiger partial charge in [-0.3, -0.25) is 0 Å². The average molecular weight is 241 g/mol. The topological polar surface area (TPSA) is 21.3 Å². The van der Waals surface area contributed by atoms with Crippen molar-refractivity contribution in [2.75, 3.05) is 12.4 Å². The predicted molar refractivity (Wildman–Crippen MR) is 76.1 cm³/mol. The Kier molecular flexibility index (Phi) is 4.24.